The van der Waals surface area contributed by atoms with Gasteiger partial charge in [0, 0.05) is 56.2 Å². The molecule has 26 nitrogen and oxygen atoms in total. The topological polar surface area (TPSA) is 400 Å². The smallest absolute Gasteiger partial charge is 0.408 e. The van der Waals surface area contributed by atoms with E-state index in [1.807, 2.05) is 0 Å². The molecule has 1 saturated heterocycles. The maximum atomic E-state index is 15.2. The molecule has 7 atom stereocenters. The second-order valence-corrected chi connectivity index (χ2v) is 25.6. The molecule has 2 aromatic carbocycles. The van der Waals surface area contributed by atoms with Gasteiger partial charge in [0.2, 0.25) is 11.8 Å². The predicted molar refractivity (Wildman–Crippen MR) is 324 cm³/mol. The number of phenolic OH excluding ortho intramolecular Hbond substituents is 1. The van der Waals surface area contributed by atoms with Crippen LogP contribution in [0.5, 0.6) is 5.75 Å². The standard InChI is InChI=1S/C56H48N14O12S6/c1-23-37(72)17-70-43(23)54-67-36(22-87-54)51-63-32(18-84-51)41-28(12-13-29(60-41)50-64-33(19-85-50)45(58)76)49-65-34(20-83-49)46(77)61-30(15-38(57)73)52-69-40(24(2)88-52)48(79)68-42(44(26-6-4-3-5-7-26)82-56(81)59-16-39(74)75)53-66-35(21-86-53)47(78)62-31(55(70)80)14-25-8-10-27(71)11-9-25/h3-13,18-23,30-31,37,42-44,71-72H,14-17H2,1-2H3,(H2,57,73)(H2,58,76)(H,59,81)(H,61,77)(H,62,78)(H,68,79)(H,74,75)/t23-,30-,31-,37-,42-,43-,44+/m0/s1. The van der Waals surface area contributed by atoms with Crippen molar-refractivity contribution in [2.75, 3.05) is 13.1 Å². The minimum atomic E-state index is -1.47. The van der Waals surface area contributed by atoms with Crippen LogP contribution in [0.4, 0.5) is 4.79 Å². The number of aryl methyl sites for hydroxylation is 1. The number of hydrogen-bond donors (Lipinski definition) is 9. The summed E-state index contributed by atoms with van der Waals surface area (Å²) in [6, 6.07) is 12.8. The summed E-state index contributed by atoms with van der Waals surface area (Å²) in [6.07, 6.45) is -4.24. The first-order valence-electron chi connectivity index (χ1n) is 26.5. The van der Waals surface area contributed by atoms with Crippen LogP contribution < -0.4 is 32.7 Å². The highest BCUT2D eigenvalue weighted by molar-refractivity contribution is 7.15. The lowest BCUT2D eigenvalue weighted by Gasteiger charge is -2.29. The Morgan fingerprint density at radius 1 is 0.693 bits per heavy atom. The second kappa shape index (κ2) is 25.6. The molecule has 2 aliphatic rings. The number of hydrogen-bond acceptors (Lipinski definition) is 24. The first kappa shape index (κ1) is 60.4. The van der Waals surface area contributed by atoms with Crippen LogP contribution in [0.15, 0.2) is 93.6 Å². The van der Waals surface area contributed by atoms with Crippen molar-refractivity contribution in [2.24, 2.45) is 17.4 Å². The van der Waals surface area contributed by atoms with Crippen LogP contribution in [0, 0.1) is 12.8 Å². The fourth-order valence-corrected chi connectivity index (χ4v) is 15.0. The van der Waals surface area contributed by atoms with Crippen molar-refractivity contribution < 1.29 is 58.4 Å². The summed E-state index contributed by atoms with van der Waals surface area (Å²) in [5.41, 5.74) is 13.7. The zero-order valence-corrected chi connectivity index (χ0v) is 50.7. The number of primary amides is 2. The minimum absolute atomic E-state index is 0.000927. The van der Waals surface area contributed by atoms with Gasteiger partial charge in [0.05, 0.1) is 30.3 Å². The van der Waals surface area contributed by atoms with Crippen molar-refractivity contribution in [3.05, 3.63) is 147 Å². The van der Waals surface area contributed by atoms with Crippen LogP contribution >= 0.6 is 68.0 Å². The zero-order valence-electron chi connectivity index (χ0n) is 45.8. The molecule has 88 heavy (non-hydrogen) atoms. The third-order valence-electron chi connectivity index (χ3n) is 14.1. The van der Waals surface area contributed by atoms with Crippen LogP contribution in [-0.2, 0) is 25.5 Å². The highest BCUT2D eigenvalue weighted by Crippen LogP contribution is 2.43. The molecule has 9 heterocycles. The summed E-state index contributed by atoms with van der Waals surface area (Å²) in [5, 5.41) is 51.4. The molecule has 0 unspecified atom stereocenters. The molecule has 0 saturated carbocycles. The quantitative estimate of drug-likeness (QED) is 0.0695. The zero-order chi connectivity index (χ0) is 62.1. The number of aliphatic hydroxyl groups is 1. The number of nitrogens with one attached hydrogen (secondary N) is 4. The number of alkyl carbamates (subject to hydrolysis) is 1. The minimum Gasteiger partial charge on any atom is -0.508 e. The first-order chi connectivity index (χ1) is 42.2. The Morgan fingerprint density at radius 3 is 2.07 bits per heavy atom. The van der Waals surface area contributed by atoms with Gasteiger partial charge in [-0.15, -0.1) is 68.0 Å². The lowest BCUT2D eigenvalue weighted by molar-refractivity contribution is -0.136. The molecular weight excluding hydrogens is 1250 g/mol. The molecule has 450 valence electrons. The average Bonchev–Trinajstić information content (AvgIpc) is 1.77. The van der Waals surface area contributed by atoms with E-state index in [2.05, 4.69) is 36.2 Å². The molecule has 2 aliphatic heterocycles. The number of phenols is 1. The molecule has 11 N–H and O–H groups in total. The number of ether oxygens (including phenoxy) is 1. The van der Waals surface area contributed by atoms with Gasteiger partial charge in [-0.05, 0) is 42.3 Å². The van der Waals surface area contributed by atoms with Crippen LogP contribution in [-0.4, -0.2) is 128 Å². The Hall–Kier alpha value is -9.31. The van der Waals surface area contributed by atoms with E-state index in [1.165, 1.54) is 55.8 Å². The second-order valence-electron chi connectivity index (χ2n) is 20.1. The molecule has 7 aromatic heterocycles. The van der Waals surface area contributed by atoms with E-state index in [4.69, 9.17) is 36.1 Å². The highest BCUT2D eigenvalue weighted by atomic mass is 32.1. The largest absolute Gasteiger partial charge is 0.508 e. The summed E-state index contributed by atoms with van der Waals surface area (Å²) >= 11 is 6.61. The molecule has 32 heteroatoms. The van der Waals surface area contributed by atoms with Gasteiger partial charge in [0.25, 0.3) is 23.6 Å². The van der Waals surface area contributed by atoms with Gasteiger partial charge in [-0.25, -0.2) is 39.7 Å². The van der Waals surface area contributed by atoms with E-state index in [-0.39, 0.29) is 51.5 Å². The number of aliphatic hydroxyl groups excluding tert-OH is 1. The van der Waals surface area contributed by atoms with Gasteiger partial charge in [-0.3, -0.25) is 33.6 Å². The Balaban J connectivity index is 1.03. The van der Waals surface area contributed by atoms with E-state index in [1.54, 1.807) is 79.2 Å². The number of aliphatic carboxylic acids is 1. The number of nitrogens with zero attached hydrogens (tertiary/aromatic N) is 8. The van der Waals surface area contributed by atoms with E-state index < -0.39 is 103 Å². The molecule has 1 fully saturated rings. The summed E-state index contributed by atoms with van der Waals surface area (Å²) in [7, 11) is 0. The van der Waals surface area contributed by atoms with Crippen molar-refractivity contribution in [3.8, 4) is 49.1 Å². The summed E-state index contributed by atoms with van der Waals surface area (Å²) < 4.78 is 5.89. The number of amides is 7. The number of carbonyl (C=O) groups is 8. The number of pyridine rings is 1. The molecule has 0 spiro atoms. The third-order valence-corrected chi connectivity index (χ3v) is 19.6. The molecule has 7 amide bonds. The van der Waals surface area contributed by atoms with Gasteiger partial charge in [0.1, 0.15) is 94.3 Å². The van der Waals surface area contributed by atoms with E-state index in [0.717, 1.165) is 45.3 Å². The fourth-order valence-electron chi connectivity index (χ4n) is 9.73. The number of nitrogens with two attached hydrogens (primary N) is 2. The van der Waals surface area contributed by atoms with Gasteiger partial charge in [0.15, 0.2) is 6.10 Å². The van der Waals surface area contributed by atoms with Crippen LogP contribution in [0.1, 0.15) is 111 Å². The van der Waals surface area contributed by atoms with Gasteiger partial charge in [-0.1, -0.05) is 49.4 Å². The van der Waals surface area contributed by atoms with Gasteiger partial charge >= 0.3 is 12.1 Å². The Morgan fingerprint density at radius 2 is 1.34 bits per heavy atom. The molecule has 9 aromatic rings. The number of carboxylic acid groups (broad SMARTS) is 1. The average molecular weight is 1300 g/mol. The molecular formula is C56H48N14O12S6. The first-order valence-corrected chi connectivity index (χ1v) is 31.7. The van der Waals surface area contributed by atoms with Crippen molar-refractivity contribution in [2.45, 2.75) is 63.1 Å². The number of aromatic nitrogens is 7. The monoisotopic (exact) mass is 1300 g/mol. The molecule has 0 aliphatic carbocycles. The lowest BCUT2D eigenvalue weighted by Crippen LogP contribution is -2.50. The summed E-state index contributed by atoms with van der Waals surface area (Å²) in [5.74, 6) is -6.54. The van der Waals surface area contributed by atoms with Crippen molar-refractivity contribution in [3.63, 3.8) is 0 Å². The number of thiazole rings is 6. The number of benzene rings is 2. The summed E-state index contributed by atoms with van der Waals surface area (Å²) in [6.45, 7) is 2.40. The predicted octanol–water partition coefficient (Wildman–Crippen LogP) is 6.21. The van der Waals surface area contributed by atoms with Gasteiger partial charge in [-0.2, -0.15) is 0 Å². The van der Waals surface area contributed by atoms with Crippen LogP contribution in [0.2, 0.25) is 0 Å². The SMILES string of the molecule is Cc1sc2nc1C(=O)N[C@@H]([C@H](OC(=O)NCC(=O)O)c1ccccc1)c1nc(cs1)C(=O)N[C@@H](Cc1ccc(O)cc1)C(=O)N1C[C@H](O)[C@H](C)[C@H]1c1nc(cs1)-c1nc(cs1)-c1nc(-c3nc(C(N)=O)cs3)ccc1-c1nc(cs1)C(=O)N[C@H]2CC(N)=O. The molecule has 11 rings (SSSR count). The van der Waals surface area contributed by atoms with E-state index in [9.17, 15) is 48.9 Å². The number of aromatic hydroxyl groups is 1. The number of carbonyl (C=O) groups excluding carboxylic acids is 7. The van der Waals surface area contributed by atoms with Crippen LogP contribution in [0.3, 0.4) is 0 Å². The third kappa shape index (κ3) is 13.0. The maximum Gasteiger partial charge on any atom is 0.408 e. The van der Waals surface area contributed by atoms with Crippen LogP contribution in [0.25, 0.3) is 43.4 Å². The number of fused-ring (bicyclic) bond motifs is 16. The summed E-state index contributed by atoms with van der Waals surface area (Å²) in [4.78, 5) is 144. The van der Waals surface area contributed by atoms with Crippen molar-refractivity contribution in [1.29, 1.82) is 0 Å². The Bertz CT molecular complexity index is 4180. The Kier molecular flexibility index (Phi) is 17.5. The van der Waals surface area contributed by atoms with Gasteiger partial charge < -0.3 is 57.7 Å². The fraction of sp³-hybridized carbons (Fsp3) is 0.232. The number of carboxylic acids is 1. The highest BCUT2D eigenvalue weighted by Gasteiger charge is 2.46. The van der Waals surface area contributed by atoms with E-state index >= 15 is 4.79 Å². The molecule has 0 radical (unpaired) electrons. The Labute approximate surface area is 521 Å². The maximum absolute atomic E-state index is 15.2. The van der Waals surface area contributed by atoms with E-state index in [0.29, 0.717) is 64.4 Å². The number of rotatable bonds is 11. The van der Waals surface area contributed by atoms with Crippen molar-refractivity contribution >= 4 is 116 Å². The normalized spacial score (nSPS) is 19.1. The molecule has 10 bridgehead atoms. The van der Waals surface area contributed by atoms with Crippen molar-refractivity contribution in [1.82, 2.24) is 61.1 Å². The lowest BCUT2D eigenvalue weighted by atomic mass is 10.00.